The molecule has 176 valence electrons. The van der Waals surface area contributed by atoms with Gasteiger partial charge < -0.3 is 15.2 Å². The van der Waals surface area contributed by atoms with Crippen LogP contribution < -0.4 is 10.6 Å². The number of benzene rings is 2. The van der Waals surface area contributed by atoms with Crippen molar-refractivity contribution in [1.29, 1.82) is 0 Å². The number of nitrogens with one attached hydrogen (secondary N) is 2. The SMILES string of the molecule is CC[C@H](CC(=O)O)NC(=O)Cc1csc(NC(=O)OCC2c3ccccc3-c3ccccc32)n1. The van der Waals surface area contributed by atoms with Gasteiger partial charge in [0.1, 0.15) is 6.61 Å². The molecule has 0 saturated heterocycles. The molecule has 8 nitrogen and oxygen atoms in total. The summed E-state index contributed by atoms with van der Waals surface area (Å²) >= 11 is 1.19. The molecule has 3 aromatic rings. The number of aromatic nitrogens is 1. The van der Waals surface area contributed by atoms with Crippen molar-refractivity contribution in [2.75, 3.05) is 11.9 Å². The van der Waals surface area contributed by atoms with Crippen LogP contribution in [0, 0.1) is 0 Å². The maximum Gasteiger partial charge on any atom is 0.413 e. The minimum Gasteiger partial charge on any atom is -0.481 e. The number of carbonyl (C=O) groups is 3. The summed E-state index contributed by atoms with van der Waals surface area (Å²) in [5.74, 6) is -1.31. The highest BCUT2D eigenvalue weighted by Gasteiger charge is 2.29. The minimum atomic E-state index is -0.963. The van der Waals surface area contributed by atoms with Crippen LogP contribution in [-0.4, -0.2) is 40.7 Å². The Hall–Kier alpha value is -3.72. The molecule has 0 fully saturated rings. The molecule has 0 bridgehead atoms. The minimum absolute atomic E-state index is 0.00100. The van der Waals surface area contributed by atoms with E-state index in [1.54, 1.807) is 5.38 Å². The summed E-state index contributed by atoms with van der Waals surface area (Å²) in [6, 6.07) is 15.8. The molecule has 4 rings (SSSR count). The van der Waals surface area contributed by atoms with Crippen LogP contribution in [0.1, 0.15) is 42.5 Å². The summed E-state index contributed by atoms with van der Waals surface area (Å²) in [5, 5.41) is 16.2. The van der Waals surface area contributed by atoms with Gasteiger partial charge in [0.25, 0.3) is 0 Å². The van der Waals surface area contributed by atoms with Crippen LogP contribution in [0.25, 0.3) is 11.1 Å². The van der Waals surface area contributed by atoms with Crippen LogP contribution in [0.3, 0.4) is 0 Å². The normalized spacial score (nSPS) is 13.0. The maximum atomic E-state index is 12.4. The number of thiazole rings is 1. The molecular formula is C25H25N3O5S. The fourth-order valence-electron chi connectivity index (χ4n) is 4.12. The van der Waals surface area contributed by atoms with E-state index >= 15 is 0 Å². The number of ether oxygens (including phenoxy) is 1. The molecule has 1 aromatic heterocycles. The second-order valence-electron chi connectivity index (χ2n) is 8.04. The lowest BCUT2D eigenvalue weighted by Crippen LogP contribution is -2.37. The quantitative estimate of drug-likeness (QED) is 0.418. The smallest absolute Gasteiger partial charge is 0.413 e. The van der Waals surface area contributed by atoms with Gasteiger partial charge >= 0.3 is 12.1 Å². The van der Waals surface area contributed by atoms with Crippen molar-refractivity contribution in [3.63, 3.8) is 0 Å². The largest absolute Gasteiger partial charge is 0.481 e. The van der Waals surface area contributed by atoms with Crippen LogP contribution in [0.4, 0.5) is 9.93 Å². The summed E-state index contributed by atoms with van der Waals surface area (Å²) in [6.07, 6.45) is -0.226. The van der Waals surface area contributed by atoms with Gasteiger partial charge in [-0.05, 0) is 28.7 Å². The Morgan fingerprint density at radius 1 is 1.09 bits per heavy atom. The molecule has 34 heavy (non-hydrogen) atoms. The van der Waals surface area contributed by atoms with E-state index in [0.29, 0.717) is 17.2 Å². The predicted molar refractivity (Wildman–Crippen MR) is 129 cm³/mol. The average Bonchev–Trinajstić information content (AvgIpc) is 3.38. The zero-order valence-corrected chi connectivity index (χ0v) is 19.4. The van der Waals surface area contributed by atoms with E-state index in [2.05, 4.69) is 39.9 Å². The van der Waals surface area contributed by atoms with E-state index in [4.69, 9.17) is 9.84 Å². The van der Waals surface area contributed by atoms with Gasteiger partial charge in [-0.25, -0.2) is 9.78 Å². The Bertz CT molecular complexity index is 1160. The number of carboxylic acids is 1. The molecule has 1 aliphatic carbocycles. The number of carboxylic acid groups (broad SMARTS) is 1. The molecule has 2 amide bonds. The highest BCUT2D eigenvalue weighted by molar-refractivity contribution is 7.13. The number of carbonyl (C=O) groups excluding carboxylic acids is 2. The average molecular weight is 480 g/mol. The number of aliphatic carboxylic acids is 1. The number of fused-ring (bicyclic) bond motifs is 3. The lowest BCUT2D eigenvalue weighted by atomic mass is 9.98. The molecule has 0 spiro atoms. The molecule has 0 aliphatic heterocycles. The summed E-state index contributed by atoms with van der Waals surface area (Å²) < 4.78 is 5.52. The van der Waals surface area contributed by atoms with E-state index in [9.17, 15) is 14.4 Å². The van der Waals surface area contributed by atoms with Gasteiger partial charge in [0, 0.05) is 17.3 Å². The Morgan fingerprint density at radius 3 is 2.35 bits per heavy atom. The Morgan fingerprint density at radius 2 is 1.74 bits per heavy atom. The lowest BCUT2D eigenvalue weighted by molar-refractivity contribution is -0.137. The van der Waals surface area contributed by atoms with Crippen molar-refractivity contribution >= 4 is 34.4 Å². The first-order valence-corrected chi connectivity index (χ1v) is 11.9. The second kappa shape index (κ2) is 10.5. The highest BCUT2D eigenvalue weighted by Crippen LogP contribution is 2.44. The van der Waals surface area contributed by atoms with Gasteiger partial charge in [0.15, 0.2) is 5.13 Å². The van der Waals surface area contributed by atoms with Gasteiger partial charge in [-0.1, -0.05) is 55.5 Å². The fraction of sp³-hybridized carbons (Fsp3) is 0.280. The Balaban J connectivity index is 1.31. The first-order valence-electron chi connectivity index (χ1n) is 11.0. The molecule has 0 unspecified atom stereocenters. The molecular weight excluding hydrogens is 454 g/mol. The van der Waals surface area contributed by atoms with Crippen LogP contribution in [0.5, 0.6) is 0 Å². The lowest BCUT2D eigenvalue weighted by Gasteiger charge is -2.14. The van der Waals surface area contributed by atoms with Crippen LogP contribution in [0.15, 0.2) is 53.9 Å². The number of amides is 2. The predicted octanol–water partition coefficient (Wildman–Crippen LogP) is 4.42. The van der Waals surface area contributed by atoms with Crippen molar-refractivity contribution in [2.24, 2.45) is 0 Å². The topological polar surface area (TPSA) is 118 Å². The van der Waals surface area contributed by atoms with Gasteiger partial charge in [0.05, 0.1) is 18.5 Å². The second-order valence-corrected chi connectivity index (χ2v) is 8.90. The zero-order chi connectivity index (χ0) is 24.1. The molecule has 3 N–H and O–H groups in total. The molecule has 1 heterocycles. The van der Waals surface area contributed by atoms with Gasteiger partial charge in [-0.15, -0.1) is 11.3 Å². The van der Waals surface area contributed by atoms with Crippen molar-refractivity contribution in [3.05, 3.63) is 70.7 Å². The molecule has 0 saturated carbocycles. The monoisotopic (exact) mass is 479 g/mol. The third kappa shape index (κ3) is 5.43. The first kappa shape index (κ1) is 23.4. The number of hydrogen-bond donors (Lipinski definition) is 3. The van der Waals surface area contributed by atoms with E-state index in [1.165, 1.54) is 11.3 Å². The third-order valence-electron chi connectivity index (χ3n) is 5.73. The van der Waals surface area contributed by atoms with Crippen LogP contribution in [0.2, 0.25) is 0 Å². The van der Waals surface area contributed by atoms with Crippen molar-refractivity contribution < 1.29 is 24.2 Å². The molecule has 0 radical (unpaired) electrons. The van der Waals surface area contributed by atoms with Gasteiger partial charge in [0.2, 0.25) is 5.91 Å². The molecule has 2 aromatic carbocycles. The Kier molecular flexibility index (Phi) is 7.22. The first-order chi connectivity index (χ1) is 16.4. The summed E-state index contributed by atoms with van der Waals surface area (Å²) in [4.78, 5) is 39.7. The third-order valence-corrected chi connectivity index (χ3v) is 6.53. The summed E-state index contributed by atoms with van der Waals surface area (Å²) in [5.41, 5.74) is 5.06. The van der Waals surface area contributed by atoms with Crippen LogP contribution in [-0.2, 0) is 20.7 Å². The summed E-state index contributed by atoms with van der Waals surface area (Å²) in [7, 11) is 0. The number of hydrogen-bond acceptors (Lipinski definition) is 6. The molecule has 1 atom stereocenters. The van der Waals surface area contributed by atoms with E-state index in [1.807, 2.05) is 31.2 Å². The standard InChI is InChI=1S/C25H25N3O5S/c1-2-15(12-23(30)31)26-22(29)11-16-14-34-24(27-16)28-25(32)33-13-21-19-9-5-3-7-17(19)18-8-4-6-10-20(18)21/h3-10,14-15,21H,2,11-13H2,1H3,(H,26,29)(H,30,31)(H,27,28,32)/t15-/m1/s1. The van der Waals surface area contributed by atoms with Crippen molar-refractivity contribution in [3.8, 4) is 11.1 Å². The highest BCUT2D eigenvalue weighted by atomic mass is 32.1. The summed E-state index contributed by atoms with van der Waals surface area (Å²) in [6.45, 7) is 2.01. The van der Waals surface area contributed by atoms with Crippen molar-refractivity contribution in [1.82, 2.24) is 10.3 Å². The van der Waals surface area contributed by atoms with E-state index < -0.39 is 18.1 Å². The number of anilines is 1. The number of nitrogens with zero attached hydrogens (tertiary/aromatic N) is 1. The Labute approximate surface area is 201 Å². The van der Waals surface area contributed by atoms with Crippen LogP contribution >= 0.6 is 11.3 Å². The van der Waals surface area contributed by atoms with Gasteiger partial charge in [-0.3, -0.25) is 14.9 Å². The molecule has 1 aliphatic rings. The maximum absolute atomic E-state index is 12.4. The van der Waals surface area contributed by atoms with E-state index in [-0.39, 0.29) is 31.3 Å². The zero-order valence-electron chi connectivity index (χ0n) is 18.6. The molecule has 9 heteroatoms. The van der Waals surface area contributed by atoms with E-state index in [0.717, 1.165) is 22.3 Å². The number of rotatable bonds is 9. The van der Waals surface area contributed by atoms with Gasteiger partial charge in [-0.2, -0.15) is 0 Å². The van der Waals surface area contributed by atoms with Crippen molar-refractivity contribution in [2.45, 2.75) is 38.1 Å². The fourth-order valence-corrected chi connectivity index (χ4v) is 4.81.